The average molecular weight is 236 g/mol. The third-order valence-corrected chi connectivity index (χ3v) is 3.25. The molecule has 0 heterocycles. The number of hydrogen-bond donors (Lipinski definition) is 1. The predicted molar refractivity (Wildman–Crippen MR) is 62.8 cm³/mol. The van der Waals surface area contributed by atoms with Gasteiger partial charge in [0.05, 0.1) is 20.1 Å². The van der Waals surface area contributed by atoms with E-state index in [9.17, 15) is 4.79 Å². The molecular formula is C13H16O4. The summed E-state index contributed by atoms with van der Waals surface area (Å²) >= 11 is 0. The minimum Gasteiger partial charge on any atom is -0.496 e. The van der Waals surface area contributed by atoms with Gasteiger partial charge in [0.1, 0.15) is 11.5 Å². The number of carbonyl (C=O) groups is 1. The van der Waals surface area contributed by atoms with Gasteiger partial charge >= 0.3 is 5.97 Å². The van der Waals surface area contributed by atoms with E-state index in [4.69, 9.17) is 14.6 Å². The Morgan fingerprint density at radius 2 is 1.94 bits per heavy atom. The van der Waals surface area contributed by atoms with Gasteiger partial charge in [0, 0.05) is 11.5 Å². The molecule has 1 aliphatic carbocycles. The van der Waals surface area contributed by atoms with Crippen LogP contribution < -0.4 is 9.47 Å². The molecular weight excluding hydrogens is 220 g/mol. The van der Waals surface area contributed by atoms with Crippen LogP contribution in [0, 0.1) is 12.8 Å². The normalized spacial score (nSPS) is 22.1. The Morgan fingerprint density at radius 3 is 2.41 bits per heavy atom. The first-order chi connectivity index (χ1) is 8.08. The highest BCUT2D eigenvalue weighted by Crippen LogP contribution is 2.51. The SMILES string of the molecule is COc1cc([C@@H]2C[C@H]2C(=O)O)c(OC)cc1C. The summed E-state index contributed by atoms with van der Waals surface area (Å²) in [6, 6.07) is 3.78. The Hall–Kier alpha value is -1.71. The summed E-state index contributed by atoms with van der Waals surface area (Å²) in [5, 5.41) is 8.96. The summed E-state index contributed by atoms with van der Waals surface area (Å²) in [5.41, 5.74) is 1.92. The maximum Gasteiger partial charge on any atom is 0.307 e. The van der Waals surface area contributed by atoms with Crippen molar-refractivity contribution in [3.8, 4) is 11.5 Å². The van der Waals surface area contributed by atoms with Crippen LogP contribution in [0.1, 0.15) is 23.5 Å². The summed E-state index contributed by atoms with van der Waals surface area (Å²) in [6.45, 7) is 1.94. The van der Waals surface area contributed by atoms with Gasteiger partial charge < -0.3 is 14.6 Å². The molecule has 0 bridgehead atoms. The molecule has 0 saturated heterocycles. The second kappa shape index (κ2) is 4.28. The predicted octanol–water partition coefficient (Wildman–Crippen LogP) is 2.20. The fraction of sp³-hybridized carbons (Fsp3) is 0.462. The molecule has 0 aliphatic heterocycles. The Labute approximate surface area is 100 Å². The molecule has 1 fully saturated rings. The molecule has 1 N–H and O–H groups in total. The van der Waals surface area contributed by atoms with Crippen molar-refractivity contribution in [2.75, 3.05) is 14.2 Å². The molecule has 1 aromatic rings. The summed E-state index contributed by atoms with van der Waals surface area (Å²) < 4.78 is 10.6. The molecule has 0 spiro atoms. The third kappa shape index (κ3) is 2.07. The van der Waals surface area contributed by atoms with Crippen molar-refractivity contribution in [1.29, 1.82) is 0 Å². The van der Waals surface area contributed by atoms with Crippen LogP contribution in [0.2, 0.25) is 0 Å². The van der Waals surface area contributed by atoms with E-state index < -0.39 is 5.97 Å². The number of benzene rings is 1. The van der Waals surface area contributed by atoms with Gasteiger partial charge in [-0.1, -0.05) is 0 Å². The van der Waals surface area contributed by atoms with Gasteiger partial charge in [-0.05, 0) is 31.0 Å². The molecule has 2 atom stereocenters. The van der Waals surface area contributed by atoms with Crippen LogP contribution >= 0.6 is 0 Å². The molecule has 0 unspecified atom stereocenters. The summed E-state index contributed by atoms with van der Waals surface area (Å²) in [5.74, 6) is 0.554. The molecule has 17 heavy (non-hydrogen) atoms. The Morgan fingerprint density at radius 1 is 1.29 bits per heavy atom. The van der Waals surface area contributed by atoms with Crippen LogP contribution in [0.15, 0.2) is 12.1 Å². The maximum absolute atomic E-state index is 10.9. The zero-order chi connectivity index (χ0) is 12.6. The Balaban J connectivity index is 2.36. The maximum atomic E-state index is 10.9. The number of hydrogen-bond acceptors (Lipinski definition) is 3. The molecule has 92 valence electrons. The van der Waals surface area contributed by atoms with Crippen molar-refractivity contribution < 1.29 is 19.4 Å². The molecule has 0 aromatic heterocycles. The van der Waals surface area contributed by atoms with Crippen molar-refractivity contribution in [3.05, 3.63) is 23.3 Å². The quantitative estimate of drug-likeness (QED) is 0.870. The Kier molecular flexibility index (Phi) is 2.96. The molecule has 1 aliphatic rings. The molecule has 2 rings (SSSR count). The minimum absolute atomic E-state index is 0.0527. The van der Waals surface area contributed by atoms with Gasteiger partial charge in [0.25, 0.3) is 0 Å². The summed E-state index contributed by atoms with van der Waals surface area (Å²) in [7, 11) is 3.21. The minimum atomic E-state index is -0.739. The van der Waals surface area contributed by atoms with Gasteiger partial charge in [0.2, 0.25) is 0 Å². The lowest BCUT2D eigenvalue weighted by Crippen LogP contribution is -2.01. The average Bonchev–Trinajstić information content (AvgIpc) is 3.08. The number of ether oxygens (including phenoxy) is 2. The fourth-order valence-electron chi connectivity index (χ4n) is 2.18. The van der Waals surface area contributed by atoms with Crippen LogP contribution in [0.3, 0.4) is 0 Å². The van der Waals surface area contributed by atoms with Crippen molar-refractivity contribution in [3.63, 3.8) is 0 Å². The van der Waals surface area contributed by atoms with E-state index in [1.54, 1.807) is 14.2 Å². The first-order valence-corrected chi connectivity index (χ1v) is 5.53. The van der Waals surface area contributed by atoms with Gasteiger partial charge in [0.15, 0.2) is 0 Å². The van der Waals surface area contributed by atoms with E-state index in [1.807, 2.05) is 19.1 Å². The summed E-state index contributed by atoms with van der Waals surface area (Å²) in [6.07, 6.45) is 0.678. The van der Waals surface area contributed by atoms with E-state index >= 15 is 0 Å². The largest absolute Gasteiger partial charge is 0.496 e. The van der Waals surface area contributed by atoms with Crippen molar-refractivity contribution >= 4 is 5.97 Å². The van der Waals surface area contributed by atoms with Crippen molar-refractivity contribution in [2.45, 2.75) is 19.3 Å². The zero-order valence-electron chi connectivity index (χ0n) is 10.2. The molecule has 1 aromatic carbocycles. The lowest BCUT2D eigenvalue weighted by Gasteiger charge is -2.12. The van der Waals surface area contributed by atoms with Crippen LogP contribution in [0.5, 0.6) is 11.5 Å². The van der Waals surface area contributed by atoms with E-state index in [2.05, 4.69) is 0 Å². The van der Waals surface area contributed by atoms with Crippen molar-refractivity contribution in [1.82, 2.24) is 0 Å². The van der Waals surface area contributed by atoms with Gasteiger partial charge in [-0.3, -0.25) is 4.79 Å². The first kappa shape index (κ1) is 11.8. The molecule has 4 heteroatoms. The second-order valence-corrected chi connectivity index (χ2v) is 4.35. The highest BCUT2D eigenvalue weighted by molar-refractivity contribution is 5.76. The lowest BCUT2D eigenvalue weighted by molar-refractivity contribution is -0.138. The van der Waals surface area contributed by atoms with E-state index in [0.717, 1.165) is 22.6 Å². The number of aliphatic carboxylic acids is 1. The van der Waals surface area contributed by atoms with Crippen LogP contribution in [0.25, 0.3) is 0 Å². The highest BCUT2D eigenvalue weighted by Gasteiger charge is 2.45. The zero-order valence-corrected chi connectivity index (χ0v) is 10.2. The smallest absolute Gasteiger partial charge is 0.307 e. The number of rotatable bonds is 4. The molecule has 4 nitrogen and oxygen atoms in total. The third-order valence-electron chi connectivity index (χ3n) is 3.25. The number of carboxylic acid groups (broad SMARTS) is 1. The van der Waals surface area contributed by atoms with Gasteiger partial charge in [-0.25, -0.2) is 0 Å². The molecule has 1 saturated carbocycles. The van der Waals surface area contributed by atoms with E-state index in [1.165, 1.54) is 0 Å². The number of aryl methyl sites for hydroxylation is 1. The number of methoxy groups -OCH3 is 2. The van der Waals surface area contributed by atoms with Crippen LogP contribution in [-0.4, -0.2) is 25.3 Å². The molecule has 0 amide bonds. The monoisotopic (exact) mass is 236 g/mol. The summed E-state index contributed by atoms with van der Waals surface area (Å²) in [4.78, 5) is 10.9. The van der Waals surface area contributed by atoms with Crippen molar-refractivity contribution in [2.24, 2.45) is 5.92 Å². The van der Waals surface area contributed by atoms with E-state index in [-0.39, 0.29) is 11.8 Å². The second-order valence-electron chi connectivity index (χ2n) is 4.35. The standard InChI is InChI=1S/C13H16O4/c1-7-4-12(17-3)9(6-11(7)16-2)8-5-10(8)13(14)15/h4,6,8,10H,5H2,1-3H3,(H,14,15)/t8-,10+/m0/s1. The first-order valence-electron chi connectivity index (χ1n) is 5.53. The number of carboxylic acids is 1. The van der Waals surface area contributed by atoms with Crippen LogP contribution in [0.4, 0.5) is 0 Å². The highest BCUT2D eigenvalue weighted by atomic mass is 16.5. The lowest BCUT2D eigenvalue weighted by atomic mass is 10.0. The van der Waals surface area contributed by atoms with Crippen LogP contribution in [-0.2, 0) is 4.79 Å². The Bertz CT molecular complexity index is 453. The topological polar surface area (TPSA) is 55.8 Å². The van der Waals surface area contributed by atoms with Gasteiger partial charge in [-0.2, -0.15) is 0 Å². The molecule has 0 radical (unpaired) electrons. The fourth-order valence-corrected chi connectivity index (χ4v) is 2.18. The van der Waals surface area contributed by atoms with Gasteiger partial charge in [-0.15, -0.1) is 0 Å². The van der Waals surface area contributed by atoms with E-state index in [0.29, 0.717) is 6.42 Å².